The van der Waals surface area contributed by atoms with Gasteiger partial charge >= 0.3 is 0 Å². The van der Waals surface area contributed by atoms with Crippen LogP contribution in [0.25, 0.3) is 6.08 Å². The Labute approximate surface area is 169 Å². The molecule has 2 amide bonds. The maximum atomic E-state index is 12.5. The number of hydrogen-bond donors (Lipinski definition) is 2. The molecule has 0 unspecified atom stereocenters. The molecule has 9 heteroatoms. The van der Waals surface area contributed by atoms with E-state index in [9.17, 15) is 9.59 Å². The summed E-state index contributed by atoms with van der Waals surface area (Å²) in [5, 5.41) is 6.33. The molecule has 0 radical (unpaired) electrons. The largest absolute Gasteiger partial charge is 0.497 e. The van der Waals surface area contributed by atoms with Crippen LogP contribution in [0.5, 0.6) is 5.75 Å². The van der Waals surface area contributed by atoms with Gasteiger partial charge in [0.05, 0.1) is 12.0 Å². The molecule has 1 saturated heterocycles. The van der Waals surface area contributed by atoms with Crippen molar-refractivity contribution in [2.45, 2.75) is 0 Å². The molecular weight excluding hydrogens is 384 g/mol. The molecule has 1 heterocycles. The van der Waals surface area contributed by atoms with Crippen LogP contribution in [0.2, 0.25) is 0 Å². The summed E-state index contributed by atoms with van der Waals surface area (Å²) in [5.41, 5.74) is 0.839. The zero-order chi connectivity index (χ0) is 19.8. The lowest BCUT2D eigenvalue weighted by molar-refractivity contribution is -0.122. The fourth-order valence-corrected chi connectivity index (χ4v) is 3.35. The van der Waals surface area contributed by atoms with Crippen LogP contribution in [0.1, 0.15) is 5.56 Å². The Hall–Kier alpha value is -2.10. The van der Waals surface area contributed by atoms with Gasteiger partial charge in [0.2, 0.25) is 0 Å². The summed E-state index contributed by atoms with van der Waals surface area (Å²) in [7, 11) is 5.56. The number of rotatable bonds is 8. The van der Waals surface area contributed by atoms with Gasteiger partial charge in [-0.05, 0) is 61.8 Å². The van der Waals surface area contributed by atoms with Gasteiger partial charge in [0.25, 0.3) is 11.1 Å². The highest BCUT2D eigenvalue weighted by Gasteiger charge is 2.34. The predicted molar refractivity (Wildman–Crippen MR) is 113 cm³/mol. The first kappa shape index (κ1) is 21.2. The van der Waals surface area contributed by atoms with Gasteiger partial charge in [-0.1, -0.05) is 12.1 Å². The third kappa shape index (κ3) is 6.53. The number of carbonyl (C=O) groups excluding carboxylic acids is 2. The first-order valence-electron chi connectivity index (χ1n) is 8.46. The van der Waals surface area contributed by atoms with E-state index in [4.69, 9.17) is 17.0 Å². The van der Waals surface area contributed by atoms with Gasteiger partial charge in [-0.15, -0.1) is 0 Å². The predicted octanol–water partition coefficient (Wildman–Crippen LogP) is 1.76. The minimum absolute atomic E-state index is 0.264. The molecule has 0 saturated carbocycles. The third-order valence-electron chi connectivity index (χ3n) is 3.75. The van der Waals surface area contributed by atoms with E-state index < -0.39 is 0 Å². The van der Waals surface area contributed by atoms with Crippen molar-refractivity contribution in [3.8, 4) is 5.75 Å². The van der Waals surface area contributed by atoms with E-state index in [0.717, 1.165) is 36.2 Å². The number of thiocarbonyl (C=S) groups is 1. The maximum absolute atomic E-state index is 12.5. The Morgan fingerprint density at radius 3 is 2.52 bits per heavy atom. The van der Waals surface area contributed by atoms with Crippen LogP contribution in [0.3, 0.4) is 0 Å². The van der Waals surface area contributed by atoms with Crippen molar-refractivity contribution in [2.75, 3.05) is 47.4 Å². The van der Waals surface area contributed by atoms with Crippen molar-refractivity contribution >= 4 is 46.3 Å². The number of ether oxygens (including phenoxy) is 1. The SMILES string of the molecule is COc1ccc(/C=C2\SC(=O)N(CCNC(=S)NCCN(C)C)C2=O)cc1. The molecule has 0 aromatic heterocycles. The second-order valence-corrected chi connectivity index (χ2v) is 7.49. The Bertz CT molecular complexity index is 720. The Balaban J connectivity index is 1.84. The van der Waals surface area contributed by atoms with Gasteiger partial charge in [0.1, 0.15) is 5.75 Å². The molecule has 0 aliphatic carbocycles. The van der Waals surface area contributed by atoms with Crippen molar-refractivity contribution in [3.05, 3.63) is 34.7 Å². The van der Waals surface area contributed by atoms with Crippen molar-refractivity contribution in [2.24, 2.45) is 0 Å². The molecule has 0 bridgehead atoms. The summed E-state index contributed by atoms with van der Waals surface area (Å²) >= 11 is 6.13. The summed E-state index contributed by atoms with van der Waals surface area (Å²) in [6.07, 6.45) is 1.71. The minimum atomic E-state index is -0.283. The summed E-state index contributed by atoms with van der Waals surface area (Å²) in [6.45, 7) is 2.26. The molecule has 1 fully saturated rings. The number of likely N-dealkylation sites (N-methyl/N-ethyl adjacent to an activating group) is 1. The lowest BCUT2D eigenvalue weighted by Gasteiger charge is -2.16. The molecule has 1 aromatic rings. The molecular formula is C18H24N4O3S2. The minimum Gasteiger partial charge on any atom is -0.497 e. The Morgan fingerprint density at radius 2 is 1.89 bits per heavy atom. The van der Waals surface area contributed by atoms with Crippen LogP contribution >= 0.6 is 24.0 Å². The van der Waals surface area contributed by atoms with Crippen LogP contribution in [-0.4, -0.2) is 73.4 Å². The van der Waals surface area contributed by atoms with Gasteiger partial charge in [0.15, 0.2) is 5.11 Å². The monoisotopic (exact) mass is 408 g/mol. The number of carbonyl (C=O) groups is 2. The van der Waals surface area contributed by atoms with E-state index in [1.807, 2.05) is 43.3 Å². The summed E-state index contributed by atoms with van der Waals surface area (Å²) in [5.74, 6) is 0.454. The molecule has 0 spiro atoms. The molecule has 1 aliphatic heterocycles. The number of benzene rings is 1. The average molecular weight is 409 g/mol. The fourth-order valence-electron chi connectivity index (χ4n) is 2.28. The summed E-state index contributed by atoms with van der Waals surface area (Å²) in [4.78, 5) is 28.3. The Morgan fingerprint density at radius 1 is 1.22 bits per heavy atom. The van der Waals surface area contributed by atoms with E-state index in [1.54, 1.807) is 13.2 Å². The first-order chi connectivity index (χ1) is 12.9. The van der Waals surface area contributed by atoms with Gasteiger partial charge < -0.3 is 20.3 Å². The zero-order valence-corrected chi connectivity index (χ0v) is 17.3. The van der Waals surface area contributed by atoms with E-state index >= 15 is 0 Å². The topological polar surface area (TPSA) is 73.9 Å². The van der Waals surface area contributed by atoms with Gasteiger partial charge in [-0.2, -0.15) is 0 Å². The molecule has 0 atom stereocenters. The van der Waals surface area contributed by atoms with Crippen molar-refractivity contribution in [3.63, 3.8) is 0 Å². The van der Waals surface area contributed by atoms with Crippen LogP contribution < -0.4 is 15.4 Å². The van der Waals surface area contributed by atoms with Gasteiger partial charge in [0, 0.05) is 26.2 Å². The van der Waals surface area contributed by atoms with Crippen LogP contribution in [0, 0.1) is 0 Å². The molecule has 1 aromatic carbocycles. The van der Waals surface area contributed by atoms with E-state index in [2.05, 4.69) is 10.6 Å². The second-order valence-electron chi connectivity index (χ2n) is 6.09. The van der Waals surface area contributed by atoms with E-state index in [-0.39, 0.29) is 17.7 Å². The van der Waals surface area contributed by atoms with E-state index in [1.165, 1.54) is 4.90 Å². The highest BCUT2D eigenvalue weighted by Crippen LogP contribution is 2.32. The van der Waals surface area contributed by atoms with Crippen LogP contribution in [0.15, 0.2) is 29.2 Å². The standard InChI is InChI=1S/C18H24N4O3S2/c1-21(2)10-8-19-17(26)20-9-11-22-16(23)15(27-18(22)24)12-13-4-6-14(25-3)7-5-13/h4-7,12H,8-11H2,1-3H3,(H2,19,20,26)/b15-12-. The lowest BCUT2D eigenvalue weighted by Crippen LogP contribution is -2.42. The van der Waals surface area contributed by atoms with Gasteiger partial charge in [-0.3, -0.25) is 14.5 Å². The number of nitrogens with one attached hydrogen (secondary N) is 2. The summed E-state index contributed by atoms with van der Waals surface area (Å²) in [6, 6.07) is 7.30. The number of hydrogen-bond acceptors (Lipinski definition) is 6. The molecule has 146 valence electrons. The number of imide groups is 1. The lowest BCUT2D eigenvalue weighted by atomic mass is 10.2. The van der Waals surface area contributed by atoms with Crippen LogP contribution in [-0.2, 0) is 4.79 Å². The smallest absolute Gasteiger partial charge is 0.293 e. The van der Waals surface area contributed by atoms with Crippen molar-refractivity contribution in [1.29, 1.82) is 0 Å². The highest BCUT2D eigenvalue weighted by molar-refractivity contribution is 8.18. The van der Waals surface area contributed by atoms with Crippen molar-refractivity contribution in [1.82, 2.24) is 20.4 Å². The zero-order valence-electron chi connectivity index (χ0n) is 15.7. The number of amides is 2. The molecule has 27 heavy (non-hydrogen) atoms. The molecule has 7 nitrogen and oxygen atoms in total. The molecule has 1 aliphatic rings. The van der Waals surface area contributed by atoms with E-state index in [0.29, 0.717) is 16.6 Å². The number of methoxy groups -OCH3 is 1. The summed E-state index contributed by atoms with van der Waals surface area (Å²) < 4.78 is 5.11. The Kier molecular flexibility index (Phi) is 8.08. The first-order valence-corrected chi connectivity index (χ1v) is 9.69. The quantitative estimate of drug-likeness (QED) is 0.498. The van der Waals surface area contributed by atoms with Crippen LogP contribution in [0.4, 0.5) is 4.79 Å². The molecule has 2 rings (SSSR count). The normalized spacial score (nSPS) is 15.6. The number of nitrogens with zero attached hydrogens (tertiary/aromatic N) is 2. The fraction of sp³-hybridized carbons (Fsp3) is 0.389. The third-order valence-corrected chi connectivity index (χ3v) is 4.95. The highest BCUT2D eigenvalue weighted by atomic mass is 32.2. The molecule has 2 N–H and O–H groups in total. The van der Waals surface area contributed by atoms with Crippen molar-refractivity contribution < 1.29 is 14.3 Å². The number of thioether (sulfide) groups is 1. The van der Waals surface area contributed by atoms with Gasteiger partial charge in [-0.25, -0.2) is 0 Å². The maximum Gasteiger partial charge on any atom is 0.293 e. The average Bonchev–Trinajstić information content (AvgIpc) is 2.89. The second kappa shape index (κ2) is 10.3.